The average Bonchev–Trinajstić information content (AvgIpc) is 2.46. The Labute approximate surface area is 113 Å². The Balaban J connectivity index is 1.71. The van der Waals surface area contributed by atoms with Gasteiger partial charge in [-0.3, -0.25) is 4.98 Å². The van der Waals surface area contributed by atoms with Gasteiger partial charge in [-0.15, -0.1) is 0 Å². The van der Waals surface area contributed by atoms with Crippen LogP contribution in [0, 0.1) is 0 Å². The van der Waals surface area contributed by atoms with E-state index < -0.39 is 0 Å². The Morgan fingerprint density at radius 3 is 2.74 bits per heavy atom. The summed E-state index contributed by atoms with van der Waals surface area (Å²) in [6, 6.07) is 7.97. The highest BCUT2D eigenvalue weighted by Gasteiger charge is 2.26. The maximum Gasteiger partial charge on any atom is 0.0890 e. The molecule has 0 saturated carbocycles. The van der Waals surface area contributed by atoms with Gasteiger partial charge >= 0.3 is 0 Å². The van der Waals surface area contributed by atoms with E-state index in [0.29, 0.717) is 0 Å². The number of nitrogens with one attached hydrogen (secondary N) is 1. The van der Waals surface area contributed by atoms with Crippen molar-refractivity contribution in [1.29, 1.82) is 0 Å². The molecule has 4 heteroatoms. The number of aromatic nitrogens is 2. The van der Waals surface area contributed by atoms with Crippen molar-refractivity contribution in [3.8, 4) is 0 Å². The molecular formula is C15H19N3O. The highest BCUT2D eigenvalue weighted by atomic mass is 16.5. The summed E-state index contributed by atoms with van der Waals surface area (Å²) in [4.78, 5) is 9.07. The van der Waals surface area contributed by atoms with Gasteiger partial charge in [-0.2, -0.15) is 0 Å². The predicted molar refractivity (Wildman–Crippen MR) is 74.8 cm³/mol. The largest absolute Gasteiger partial charge is 0.381 e. The predicted octanol–water partition coefficient (Wildman–Crippen LogP) is 2.29. The normalized spacial score (nSPS) is 18.6. The van der Waals surface area contributed by atoms with Crippen LogP contribution in [0.4, 0.5) is 0 Å². The maximum atomic E-state index is 5.41. The Hall–Kier alpha value is -1.52. The van der Waals surface area contributed by atoms with Crippen LogP contribution in [0.5, 0.6) is 0 Å². The van der Waals surface area contributed by atoms with Crippen LogP contribution in [-0.4, -0.2) is 28.7 Å². The molecule has 0 atom stereocenters. The summed E-state index contributed by atoms with van der Waals surface area (Å²) in [6.07, 6.45) is 3.96. The van der Waals surface area contributed by atoms with E-state index in [9.17, 15) is 0 Å². The van der Waals surface area contributed by atoms with Gasteiger partial charge < -0.3 is 10.1 Å². The quantitative estimate of drug-likeness (QED) is 0.916. The van der Waals surface area contributed by atoms with Crippen LogP contribution in [0.2, 0.25) is 0 Å². The summed E-state index contributed by atoms with van der Waals surface area (Å²) >= 11 is 0. The second-order valence-corrected chi connectivity index (χ2v) is 5.38. The lowest BCUT2D eigenvalue weighted by Gasteiger charge is -2.34. The molecule has 1 aromatic carbocycles. The molecule has 0 bridgehead atoms. The Kier molecular flexibility index (Phi) is 3.44. The van der Waals surface area contributed by atoms with Gasteiger partial charge in [-0.05, 0) is 31.9 Å². The molecule has 0 spiro atoms. The summed E-state index contributed by atoms with van der Waals surface area (Å²) in [5.41, 5.74) is 3.06. The fourth-order valence-electron chi connectivity index (χ4n) is 2.38. The number of fused-ring (bicyclic) bond motifs is 1. The summed E-state index contributed by atoms with van der Waals surface area (Å²) < 4.78 is 5.41. The summed E-state index contributed by atoms with van der Waals surface area (Å²) in [7, 11) is 0. The van der Waals surface area contributed by atoms with Crippen molar-refractivity contribution in [2.24, 2.45) is 0 Å². The van der Waals surface area contributed by atoms with Gasteiger partial charge in [0.15, 0.2) is 0 Å². The van der Waals surface area contributed by atoms with E-state index in [1.807, 2.05) is 30.5 Å². The number of nitrogens with zero attached hydrogens (tertiary/aromatic N) is 2. The number of benzene rings is 1. The molecule has 3 rings (SSSR count). The third-order valence-electron chi connectivity index (χ3n) is 3.79. The summed E-state index contributed by atoms with van der Waals surface area (Å²) in [5, 5.41) is 3.60. The number of rotatable bonds is 3. The van der Waals surface area contributed by atoms with Gasteiger partial charge in [0.2, 0.25) is 0 Å². The van der Waals surface area contributed by atoms with Crippen molar-refractivity contribution >= 4 is 11.0 Å². The SMILES string of the molecule is CC1(NCc2cnc3ccccc3n2)CCOCC1. The van der Waals surface area contributed by atoms with Crippen molar-refractivity contribution in [3.05, 3.63) is 36.2 Å². The van der Waals surface area contributed by atoms with E-state index in [-0.39, 0.29) is 5.54 Å². The molecule has 0 radical (unpaired) electrons. The van der Waals surface area contributed by atoms with Crippen LogP contribution in [0.3, 0.4) is 0 Å². The van der Waals surface area contributed by atoms with E-state index in [0.717, 1.165) is 49.3 Å². The zero-order chi connectivity index (χ0) is 13.1. The number of hydrogen-bond acceptors (Lipinski definition) is 4. The average molecular weight is 257 g/mol. The van der Waals surface area contributed by atoms with Crippen LogP contribution < -0.4 is 5.32 Å². The number of ether oxygens (including phenoxy) is 1. The van der Waals surface area contributed by atoms with Crippen molar-refractivity contribution in [2.45, 2.75) is 31.8 Å². The van der Waals surface area contributed by atoms with Gasteiger partial charge in [0.25, 0.3) is 0 Å². The second-order valence-electron chi connectivity index (χ2n) is 5.38. The minimum absolute atomic E-state index is 0.158. The lowest BCUT2D eigenvalue weighted by Crippen LogP contribution is -2.46. The van der Waals surface area contributed by atoms with Crippen LogP contribution in [0.25, 0.3) is 11.0 Å². The molecule has 0 amide bonds. The Morgan fingerprint density at radius 2 is 1.95 bits per heavy atom. The molecule has 1 aliphatic heterocycles. The molecule has 1 aromatic heterocycles. The first-order valence-electron chi connectivity index (χ1n) is 6.79. The van der Waals surface area contributed by atoms with Crippen molar-refractivity contribution in [2.75, 3.05) is 13.2 Å². The fraction of sp³-hybridized carbons (Fsp3) is 0.467. The number of para-hydroxylation sites is 2. The molecule has 1 saturated heterocycles. The standard InChI is InChI=1S/C15H19N3O/c1-15(6-8-19-9-7-15)17-11-12-10-16-13-4-2-3-5-14(13)18-12/h2-5,10,17H,6-9,11H2,1H3. The van der Waals surface area contributed by atoms with E-state index in [1.165, 1.54) is 0 Å². The molecule has 2 aromatic rings. The minimum Gasteiger partial charge on any atom is -0.381 e. The zero-order valence-corrected chi connectivity index (χ0v) is 11.2. The second kappa shape index (κ2) is 5.23. The highest BCUT2D eigenvalue weighted by Crippen LogP contribution is 2.20. The van der Waals surface area contributed by atoms with Gasteiger partial charge in [0.05, 0.1) is 22.9 Å². The molecule has 0 aliphatic carbocycles. The van der Waals surface area contributed by atoms with Crippen molar-refractivity contribution < 1.29 is 4.74 Å². The summed E-state index contributed by atoms with van der Waals surface area (Å²) in [5.74, 6) is 0. The monoisotopic (exact) mass is 257 g/mol. The molecule has 4 nitrogen and oxygen atoms in total. The van der Waals surface area contributed by atoms with E-state index in [1.54, 1.807) is 0 Å². The Morgan fingerprint density at radius 1 is 1.21 bits per heavy atom. The topological polar surface area (TPSA) is 47.0 Å². The first-order valence-corrected chi connectivity index (χ1v) is 6.79. The van der Waals surface area contributed by atoms with Gasteiger partial charge in [0, 0.05) is 25.3 Å². The van der Waals surface area contributed by atoms with Gasteiger partial charge in [-0.1, -0.05) is 12.1 Å². The third-order valence-corrected chi connectivity index (χ3v) is 3.79. The van der Waals surface area contributed by atoms with Crippen LogP contribution in [-0.2, 0) is 11.3 Å². The third kappa shape index (κ3) is 2.91. The molecule has 19 heavy (non-hydrogen) atoms. The Bertz CT molecular complexity index is 564. The first-order chi connectivity index (χ1) is 9.25. The van der Waals surface area contributed by atoms with E-state index in [4.69, 9.17) is 4.74 Å². The first kappa shape index (κ1) is 12.5. The minimum atomic E-state index is 0.158. The fourth-order valence-corrected chi connectivity index (χ4v) is 2.38. The van der Waals surface area contributed by atoms with Gasteiger partial charge in [0.1, 0.15) is 0 Å². The molecule has 2 heterocycles. The molecule has 1 N–H and O–H groups in total. The molecule has 1 aliphatic rings. The van der Waals surface area contributed by atoms with Crippen LogP contribution in [0.1, 0.15) is 25.5 Å². The number of hydrogen-bond donors (Lipinski definition) is 1. The summed E-state index contributed by atoms with van der Waals surface area (Å²) in [6.45, 7) is 4.69. The molecular weight excluding hydrogens is 238 g/mol. The zero-order valence-electron chi connectivity index (χ0n) is 11.2. The van der Waals surface area contributed by atoms with Crippen molar-refractivity contribution in [3.63, 3.8) is 0 Å². The molecule has 0 unspecified atom stereocenters. The van der Waals surface area contributed by atoms with Crippen LogP contribution in [0.15, 0.2) is 30.5 Å². The van der Waals surface area contributed by atoms with E-state index >= 15 is 0 Å². The van der Waals surface area contributed by atoms with Gasteiger partial charge in [-0.25, -0.2) is 4.98 Å². The van der Waals surface area contributed by atoms with Crippen molar-refractivity contribution in [1.82, 2.24) is 15.3 Å². The van der Waals surface area contributed by atoms with Crippen LogP contribution >= 0.6 is 0 Å². The van der Waals surface area contributed by atoms with E-state index in [2.05, 4.69) is 22.2 Å². The molecule has 100 valence electrons. The smallest absolute Gasteiger partial charge is 0.0890 e. The highest BCUT2D eigenvalue weighted by molar-refractivity contribution is 5.73. The maximum absolute atomic E-state index is 5.41. The lowest BCUT2D eigenvalue weighted by molar-refractivity contribution is 0.0445. The lowest BCUT2D eigenvalue weighted by atomic mass is 9.92. The molecule has 1 fully saturated rings.